The van der Waals surface area contributed by atoms with Crippen molar-refractivity contribution in [3.63, 3.8) is 0 Å². The second kappa shape index (κ2) is 7.47. The van der Waals surface area contributed by atoms with Crippen molar-refractivity contribution in [1.29, 1.82) is 0 Å². The third kappa shape index (κ3) is 3.28. The van der Waals surface area contributed by atoms with Crippen molar-refractivity contribution < 1.29 is 9.84 Å². The standard InChI is InChI=1S/C23H21N5O2S/c29-17-3-1-2-15(12-17)21-18-6-7-28(16-4-5-19-20(13-16)31-14-24-19)22(18)26-23(25-21)27-8-10-30-11-9-27/h1-5,12-14,29H,6-11H2. The first-order valence-electron chi connectivity index (χ1n) is 10.4. The monoisotopic (exact) mass is 431 g/mol. The Morgan fingerprint density at radius 2 is 1.90 bits per heavy atom. The minimum atomic E-state index is 0.239. The molecule has 0 atom stereocenters. The first-order chi connectivity index (χ1) is 15.3. The van der Waals surface area contributed by atoms with E-state index in [0.717, 1.165) is 59.9 Å². The molecular weight excluding hydrogens is 410 g/mol. The zero-order valence-corrected chi connectivity index (χ0v) is 17.7. The molecule has 0 radical (unpaired) electrons. The average Bonchev–Trinajstić information content (AvgIpc) is 3.45. The number of ether oxygens (including phenoxy) is 1. The summed E-state index contributed by atoms with van der Waals surface area (Å²) in [6.45, 7) is 3.73. The van der Waals surface area contributed by atoms with E-state index in [2.05, 4.69) is 33.0 Å². The van der Waals surface area contributed by atoms with Crippen LogP contribution in [0, 0.1) is 0 Å². The summed E-state index contributed by atoms with van der Waals surface area (Å²) in [6.07, 6.45) is 0.852. The summed E-state index contributed by atoms with van der Waals surface area (Å²) in [5, 5.41) is 10.1. The van der Waals surface area contributed by atoms with E-state index in [9.17, 15) is 5.11 Å². The van der Waals surface area contributed by atoms with Gasteiger partial charge in [-0.3, -0.25) is 0 Å². The number of phenolic OH excluding ortho intramolecular Hbond substituents is 1. The number of aromatic hydroxyl groups is 1. The van der Waals surface area contributed by atoms with E-state index in [1.54, 1.807) is 23.5 Å². The first kappa shape index (κ1) is 18.5. The van der Waals surface area contributed by atoms with Crippen LogP contribution in [0.4, 0.5) is 17.5 Å². The maximum Gasteiger partial charge on any atom is 0.228 e. The fourth-order valence-electron chi connectivity index (χ4n) is 4.30. The summed E-state index contributed by atoms with van der Waals surface area (Å²) in [4.78, 5) is 18.8. The van der Waals surface area contributed by atoms with Crippen LogP contribution in [0.15, 0.2) is 48.0 Å². The predicted octanol–water partition coefficient (Wildman–Crippen LogP) is 3.99. The minimum Gasteiger partial charge on any atom is -0.508 e. The molecule has 0 saturated carbocycles. The molecule has 2 aliphatic heterocycles. The Labute approximate surface area is 183 Å². The van der Waals surface area contributed by atoms with Crippen LogP contribution in [-0.4, -0.2) is 52.9 Å². The molecule has 0 amide bonds. The van der Waals surface area contributed by atoms with E-state index in [1.165, 1.54) is 4.70 Å². The smallest absolute Gasteiger partial charge is 0.228 e. The molecule has 31 heavy (non-hydrogen) atoms. The molecule has 2 aliphatic rings. The van der Waals surface area contributed by atoms with Gasteiger partial charge in [0.2, 0.25) is 5.95 Å². The third-order valence-electron chi connectivity index (χ3n) is 5.85. The van der Waals surface area contributed by atoms with Crippen LogP contribution >= 0.6 is 11.3 Å². The minimum absolute atomic E-state index is 0.239. The molecule has 156 valence electrons. The summed E-state index contributed by atoms with van der Waals surface area (Å²) in [6, 6.07) is 13.7. The third-order valence-corrected chi connectivity index (χ3v) is 6.65. The van der Waals surface area contributed by atoms with Crippen molar-refractivity contribution in [3.8, 4) is 17.0 Å². The van der Waals surface area contributed by atoms with Crippen molar-refractivity contribution in [1.82, 2.24) is 15.0 Å². The summed E-state index contributed by atoms with van der Waals surface area (Å²) >= 11 is 1.65. The molecule has 8 heteroatoms. The molecule has 4 aromatic rings. The van der Waals surface area contributed by atoms with Gasteiger partial charge in [0.25, 0.3) is 0 Å². The zero-order valence-electron chi connectivity index (χ0n) is 16.9. The number of thiazole rings is 1. The maximum atomic E-state index is 10.1. The van der Waals surface area contributed by atoms with Gasteiger partial charge in [-0.2, -0.15) is 4.98 Å². The van der Waals surface area contributed by atoms with E-state index in [-0.39, 0.29) is 5.75 Å². The highest BCUT2D eigenvalue weighted by atomic mass is 32.1. The van der Waals surface area contributed by atoms with E-state index in [4.69, 9.17) is 14.7 Å². The number of morpholine rings is 1. The summed E-state index contributed by atoms with van der Waals surface area (Å²) in [5.74, 6) is 1.90. The van der Waals surface area contributed by atoms with E-state index >= 15 is 0 Å². The summed E-state index contributed by atoms with van der Waals surface area (Å²) in [7, 11) is 0. The van der Waals surface area contributed by atoms with Gasteiger partial charge in [-0.05, 0) is 36.8 Å². The fourth-order valence-corrected chi connectivity index (χ4v) is 5.01. The highest BCUT2D eigenvalue weighted by molar-refractivity contribution is 7.16. The molecule has 0 bridgehead atoms. The lowest BCUT2D eigenvalue weighted by Gasteiger charge is -2.28. The van der Waals surface area contributed by atoms with Gasteiger partial charge in [0.15, 0.2) is 0 Å². The van der Waals surface area contributed by atoms with Crippen molar-refractivity contribution in [2.75, 3.05) is 42.6 Å². The van der Waals surface area contributed by atoms with Crippen LogP contribution in [0.2, 0.25) is 0 Å². The van der Waals surface area contributed by atoms with E-state index < -0.39 is 0 Å². The van der Waals surface area contributed by atoms with Gasteiger partial charge >= 0.3 is 0 Å². The van der Waals surface area contributed by atoms with E-state index in [1.807, 2.05) is 17.6 Å². The van der Waals surface area contributed by atoms with Crippen LogP contribution in [0.25, 0.3) is 21.5 Å². The molecule has 1 N–H and O–H groups in total. The van der Waals surface area contributed by atoms with Gasteiger partial charge in [0.1, 0.15) is 11.6 Å². The van der Waals surface area contributed by atoms with Crippen molar-refractivity contribution in [3.05, 3.63) is 53.5 Å². The predicted molar refractivity (Wildman–Crippen MR) is 122 cm³/mol. The van der Waals surface area contributed by atoms with Gasteiger partial charge in [-0.25, -0.2) is 9.97 Å². The number of phenols is 1. The van der Waals surface area contributed by atoms with Crippen molar-refractivity contribution in [2.24, 2.45) is 0 Å². The topological polar surface area (TPSA) is 74.6 Å². The van der Waals surface area contributed by atoms with Crippen LogP contribution < -0.4 is 9.80 Å². The molecule has 2 aromatic carbocycles. The molecule has 1 saturated heterocycles. The lowest BCUT2D eigenvalue weighted by atomic mass is 10.1. The largest absolute Gasteiger partial charge is 0.508 e. The van der Waals surface area contributed by atoms with Gasteiger partial charge in [-0.15, -0.1) is 11.3 Å². The molecule has 0 unspecified atom stereocenters. The molecule has 4 heterocycles. The number of fused-ring (bicyclic) bond motifs is 2. The Kier molecular flexibility index (Phi) is 4.47. The first-order valence-corrected chi connectivity index (χ1v) is 11.3. The maximum absolute atomic E-state index is 10.1. The summed E-state index contributed by atoms with van der Waals surface area (Å²) in [5.41, 5.74) is 6.93. The molecule has 7 nitrogen and oxygen atoms in total. The van der Waals surface area contributed by atoms with E-state index in [0.29, 0.717) is 19.2 Å². The van der Waals surface area contributed by atoms with Crippen LogP contribution in [-0.2, 0) is 11.2 Å². The number of hydrogen-bond donors (Lipinski definition) is 1. The number of nitrogens with zero attached hydrogens (tertiary/aromatic N) is 5. The highest BCUT2D eigenvalue weighted by Crippen LogP contribution is 2.40. The molecule has 0 spiro atoms. The number of aromatic nitrogens is 3. The molecule has 1 fully saturated rings. The molecular formula is C23H21N5O2S. The summed E-state index contributed by atoms with van der Waals surface area (Å²) < 4.78 is 6.69. The van der Waals surface area contributed by atoms with Gasteiger partial charge in [0, 0.05) is 36.4 Å². The fraction of sp³-hybridized carbons (Fsp3) is 0.261. The average molecular weight is 432 g/mol. The van der Waals surface area contributed by atoms with Crippen molar-refractivity contribution in [2.45, 2.75) is 6.42 Å². The number of anilines is 3. The zero-order chi connectivity index (χ0) is 20.8. The van der Waals surface area contributed by atoms with Gasteiger partial charge < -0.3 is 19.6 Å². The quantitative estimate of drug-likeness (QED) is 0.526. The Morgan fingerprint density at radius 3 is 2.77 bits per heavy atom. The van der Waals surface area contributed by atoms with Gasteiger partial charge in [-0.1, -0.05) is 12.1 Å². The Hall–Kier alpha value is -3.23. The number of benzene rings is 2. The lowest BCUT2D eigenvalue weighted by molar-refractivity contribution is 0.122. The normalized spacial score (nSPS) is 16.1. The highest BCUT2D eigenvalue weighted by Gasteiger charge is 2.29. The SMILES string of the molecule is Oc1cccc(-c2nc(N3CCOCC3)nc3c2CCN3c2ccc3ncsc3c2)c1. The molecule has 6 rings (SSSR count). The Morgan fingerprint density at radius 1 is 1.00 bits per heavy atom. The van der Waals surface area contributed by atoms with Crippen LogP contribution in [0.3, 0.4) is 0 Å². The lowest BCUT2D eigenvalue weighted by Crippen LogP contribution is -2.37. The number of rotatable bonds is 3. The number of hydrogen-bond acceptors (Lipinski definition) is 8. The van der Waals surface area contributed by atoms with Crippen LogP contribution in [0.5, 0.6) is 5.75 Å². The second-order valence-electron chi connectivity index (χ2n) is 7.73. The molecule has 2 aromatic heterocycles. The Bertz CT molecular complexity index is 1270. The molecule has 0 aliphatic carbocycles. The second-order valence-corrected chi connectivity index (χ2v) is 8.62. The van der Waals surface area contributed by atoms with Crippen LogP contribution in [0.1, 0.15) is 5.56 Å². The van der Waals surface area contributed by atoms with Gasteiger partial charge in [0.05, 0.1) is 34.6 Å². The van der Waals surface area contributed by atoms with Crippen molar-refractivity contribution >= 4 is 39.0 Å². The Balaban J connectivity index is 1.50.